The Kier molecular flexibility index (Phi) is 3.41. The van der Waals surface area contributed by atoms with Crippen molar-refractivity contribution in [3.8, 4) is 0 Å². The predicted octanol–water partition coefficient (Wildman–Crippen LogP) is 2.47. The van der Waals surface area contributed by atoms with E-state index >= 15 is 0 Å². The molecule has 5 heteroatoms. The number of benzene rings is 2. The molecule has 0 spiro atoms. The van der Waals surface area contributed by atoms with Gasteiger partial charge in [-0.1, -0.05) is 18.2 Å². The van der Waals surface area contributed by atoms with Gasteiger partial charge >= 0.3 is 0 Å². The minimum absolute atomic E-state index is 0.153. The van der Waals surface area contributed by atoms with E-state index < -0.39 is 0 Å². The van der Waals surface area contributed by atoms with Gasteiger partial charge < -0.3 is 9.99 Å². The van der Waals surface area contributed by atoms with Crippen molar-refractivity contribution in [1.82, 2.24) is 4.57 Å². The fourth-order valence-electron chi connectivity index (χ4n) is 2.31. The quantitative estimate of drug-likeness (QED) is 0.573. The molecule has 0 unspecified atom stereocenters. The second-order valence-corrected chi connectivity index (χ2v) is 4.79. The minimum Gasteiger partial charge on any atom is -0.324 e. The maximum absolute atomic E-state index is 13.7. The monoisotopic (exact) mass is 283 g/mol. The summed E-state index contributed by atoms with van der Waals surface area (Å²) in [6.45, 7) is 0.207. The standard InChI is InChI=1S/C16H14FN3O/c17-15-4-2-1-3-12(15)10-20-8-7-11-9-13(19-18)5-6-14(11)16(20)21/h1-9,19H,10,18H2. The number of hydrogen-bond acceptors (Lipinski definition) is 3. The fraction of sp³-hybridized carbons (Fsp3) is 0.0625. The number of nitrogens with zero attached hydrogens (tertiary/aromatic N) is 1. The number of halogens is 1. The molecule has 0 fully saturated rings. The number of anilines is 1. The van der Waals surface area contributed by atoms with Crippen LogP contribution in [0.2, 0.25) is 0 Å². The van der Waals surface area contributed by atoms with Crippen molar-refractivity contribution >= 4 is 16.5 Å². The molecule has 3 N–H and O–H groups in total. The van der Waals surface area contributed by atoms with E-state index in [-0.39, 0.29) is 17.9 Å². The number of pyridine rings is 1. The molecule has 4 nitrogen and oxygen atoms in total. The normalized spacial score (nSPS) is 10.8. The van der Waals surface area contributed by atoms with Crippen LogP contribution in [-0.2, 0) is 6.54 Å². The van der Waals surface area contributed by atoms with Crippen molar-refractivity contribution in [2.75, 3.05) is 5.43 Å². The van der Waals surface area contributed by atoms with E-state index in [1.807, 2.05) is 6.07 Å². The van der Waals surface area contributed by atoms with Gasteiger partial charge in [0.2, 0.25) is 0 Å². The Hall–Kier alpha value is -2.66. The van der Waals surface area contributed by atoms with E-state index in [4.69, 9.17) is 5.84 Å². The Morgan fingerprint density at radius 1 is 1.14 bits per heavy atom. The van der Waals surface area contributed by atoms with Crippen LogP contribution < -0.4 is 16.8 Å². The number of hydrazine groups is 1. The molecule has 0 aliphatic heterocycles. The first kappa shape index (κ1) is 13.3. The highest BCUT2D eigenvalue weighted by Crippen LogP contribution is 2.16. The lowest BCUT2D eigenvalue weighted by atomic mass is 10.1. The van der Waals surface area contributed by atoms with Crippen LogP contribution in [-0.4, -0.2) is 4.57 Å². The molecule has 3 aromatic rings. The van der Waals surface area contributed by atoms with E-state index in [1.54, 1.807) is 42.6 Å². The van der Waals surface area contributed by atoms with Crippen LogP contribution in [0, 0.1) is 5.82 Å². The molecule has 0 atom stereocenters. The summed E-state index contributed by atoms with van der Waals surface area (Å²) in [4.78, 5) is 12.4. The van der Waals surface area contributed by atoms with Crippen LogP contribution in [0.5, 0.6) is 0 Å². The third-order valence-corrected chi connectivity index (χ3v) is 3.44. The molecular weight excluding hydrogens is 269 g/mol. The average molecular weight is 283 g/mol. The predicted molar refractivity (Wildman–Crippen MR) is 81.5 cm³/mol. The van der Waals surface area contributed by atoms with E-state index in [0.717, 1.165) is 11.1 Å². The lowest BCUT2D eigenvalue weighted by molar-refractivity contribution is 0.597. The van der Waals surface area contributed by atoms with Gasteiger partial charge in [-0.25, -0.2) is 4.39 Å². The zero-order valence-electron chi connectivity index (χ0n) is 11.2. The topological polar surface area (TPSA) is 60.0 Å². The van der Waals surface area contributed by atoms with Gasteiger partial charge in [-0.2, -0.15) is 0 Å². The molecular formula is C16H14FN3O. The lowest BCUT2D eigenvalue weighted by Gasteiger charge is -2.09. The maximum Gasteiger partial charge on any atom is 0.258 e. The van der Waals surface area contributed by atoms with Crippen molar-refractivity contribution in [3.63, 3.8) is 0 Å². The van der Waals surface area contributed by atoms with Crippen LogP contribution in [0.1, 0.15) is 5.56 Å². The number of rotatable bonds is 3. The summed E-state index contributed by atoms with van der Waals surface area (Å²) in [5.41, 5.74) is 3.60. The number of nitrogens with one attached hydrogen (secondary N) is 1. The molecule has 0 aliphatic carbocycles. The average Bonchev–Trinajstić information content (AvgIpc) is 2.51. The molecule has 0 amide bonds. The molecule has 0 aliphatic rings. The van der Waals surface area contributed by atoms with Gasteiger partial charge in [0, 0.05) is 22.8 Å². The van der Waals surface area contributed by atoms with Gasteiger partial charge in [-0.15, -0.1) is 0 Å². The molecule has 1 aromatic heterocycles. The van der Waals surface area contributed by atoms with Gasteiger partial charge in [0.15, 0.2) is 0 Å². The van der Waals surface area contributed by atoms with Crippen LogP contribution in [0.25, 0.3) is 10.8 Å². The summed E-state index contributed by atoms with van der Waals surface area (Å²) in [6, 6.07) is 13.5. The van der Waals surface area contributed by atoms with Gasteiger partial charge in [0.25, 0.3) is 5.56 Å². The molecule has 0 radical (unpaired) electrons. The Labute approximate surface area is 120 Å². The third kappa shape index (κ3) is 2.51. The largest absolute Gasteiger partial charge is 0.324 e. The second kappa shape index (κ2) is 5.38. The highest BCUT2D eigenvalue weighted by molar-refractivity contribution is 5.84. The van der Waals surface area contributed by atoms with E-state index in [0.29, 0.717) is 10.9 Å². The Balaban J connectivity index is 2.07. The first-order valence-corrected chi connectivity index (χ1v) is 6.52. The number of hydrogen-bond donors (Lipinski definition) is 2. The highest BCUT2D eigenvalue weighted by Gasteiger charge is 2.06. The third-order valence-electron chi connectivity index (χ3n) is 3.44. The summed E-state index contributed by atoms with van der Waals surface area (Å²) in [6.07, 6.45) is 1.66. The Morgan fingerprint density at radius 3 is 2.71 bits per heavy atom. The molecule has 21 heavy (non-hydrogen) atoms. The molecule has 0 saturated heterocycles. The molecule has 0 saturated carbocycles. The van der Waals surface area contributed by atoms with Crippen LogP contribution in [0.3, 0.4) is 0 Å². The fourth-order valence-corrected chi connectivity index (χ4v) is 2.31. The number of nitrogens with two attached hydrogens (primary N) is 1. The SMILES string of the molecule is NNc1ccc2c(=O)n(Cc3ccccc3F)ccc2c1. The van der Waals surface area contributed by atoms with Crippen molar-refractivity contribution in [2.45, 2.75) is 6.54 Å². The van der Waals surface area contributed by atoms with E-state index in [1.165, 1.54) is 10.6 Å². The Bertz CT molecular complexity index is 858. The highest BCUT2D eigenvalue weighted by atomic mass is 19.1. The molecule has 106 valence electrons. The van der Waals surface area contributed by atoms with Gasteiger partial charge in [0.05, 0.1) is 6.54 Å². The van der Waals surface area contributed by atoms with Crippen molar-refractivity contribution in [1.29, 1.82) is 0 Å². The summed E-state index contributed by atoms with van der Waals surface area (Å²) >= 11 is 0. The number of aromatic nitrogens is 1. The van der Waals surface area contributed by atoms with Crippen LogP contribution in [0.15, 0.2) is 59.5 Å². The maximum atomic E-state index is 13.7. The van der Waals surface area contributed by atoms with Gasteiger partial charge in [-0.05, 0) is 35.7 Å². The van der Waals surface area contributed by atoms with E-state index in [9.17, 15) is 9.18 Å². The smallest absolute Gasteiger partial charge is 0.258 e. The number of nitrogen functional groups attached to an aromatic ring is 1. The number of fused-ring (bicyclic) bond motifs is 1. The zero-order chi connectivity index (χ0) is 14.8. The summed E-state index contributed by atoms with van der Waals surface area (Å²) < 4.78 is 15.2. The molecule has 0 bridgehead atoms. The summed E-state index contributed by atoms with van der Waals surface area (Å²) in [7, 11) is 0. The van der Waals surface area contributed by atoms with Crippen LogP contribution >= 0.6 is 0 Å². The van der Waals surface area contributed by atoms with Gasteiger partial charge in [-0.3, -0.25) is 10.6 Å². The molecule has 3 rings (SSSR count). The summed E-state index contributed by atoms with van der Waals surface area (Å²) in [5, 5.41) is 1.37. The summed E-state index contributed by atoms with van der Waals surface area (Å²) in [5.74, 6) is 5.04. The molecule has 1 heterocycles. The van der Waals surface area contributed by atoms with Crippen molar-refractivity contribution < 1.29 is 4.39 Å². The first-order chi connectivity index (χ1) is 10.2. The van der Waals surface area contributed by atoms with Gasteiger partial charge in [0.1, 0.15) is 5.82 Å². The first-order valence-electron chi connectivity index (χ1n) is 6.52. The van der Waals surface area contributed by atoms with Crippen molar-refractivity contribution in [3.05, 3.63) is 76.5 Å². The lowest BCUT2D eigenvalue weighted by Crippen LogP contribution is -2.20. The van der Waals surface area contributed by atoms with Crippen molar-refractivity contribution in [2.24, 2.45) is 5.84 Å². The van der Waals surface area contributed by atoms with E-state index in [2.05, 4.69) is 5.43 Å². The Morgan fingerprint density at radius 2 is 1.95 bits per heavy atom. The second-order valence-electron chi connectivity index (χ2n) is 4.79. The van der Waals surface area contributed by atoms with Crippen LogP contribution in [0.4, 0.5) is 10.1 Å². The zero-order valence-corrected chi connectivity index (χ0v) is 11.2. The molecule has 2 aromatic carbocycles. The minimum atomic E-state index is -0.313.